The lowest BCUT2D eigenvalue weighted by Crippen LogP contribution is -2.52. The van der Waals surface area contributed by atoms with Crippen molar-refractivity contribution in [2.45, 2.75) is 64.5 Å². The molecular formula is C15H27N3O. The van der Waals surface area contributed by atoms with Crippen LogP contribution in [-0.4, -0.2) is 33.3 Å². The summed E-state index contributed by atoms with van der Waals surface area (Å²) in [6, 6.07) is 0.464. The molecule has 108 valence electrons. The molecule has 2 atom stereocenters. The lowest BCUT2D eigenvalue weighted by Gasteiger charge is -2.41. The van der Waals surface area contributed by atoms with E-state index >= 15 is 0 Å². The molecule has 2 unspecified atom stereocenters. The second kappa shape index (κ2) is 6.06. The largest absolute Gasteiger partial charge is 0.394 e. The van der Waals surface area contributed by atoms with Crippen LogP contribution in [0, 0.1) is 13.8 Å². The number of nitrogens with zero attached hydrogens (tertiary/aromatic N) is 2. The summed E-state index contributed by atoms with van der Waals surface area (Å²) in [5.74, 6) is 0. The van der Waals surface area contributed by atoms with Gasteiger partial charge in [-0.15, -0.1) is 0 Å². The Kier molecular flexibility index (Phi) is 4.63. The van der Waals surface area contributed by atoms with Gasteiger partial charge in [0.2, 0.25) is 0 Å². The molecule has 0 radical (unpaired) electrons. The van der Waals surface area contributed by atoms with Crippen LogP contribution in [0.2, 0.25) is 0 Å². The van der Waals surface area contributed by atoms with Gasteiger partial charge in [0.05, 0.1) is 18.6 Å². The van der Waals surface area contributed by atoms with Crippen molar-refractivity contribution in [2.75, 3.05) is 13.2 Å². The molecular weight excluding hydrogens is 238 g/mol. The van der Waals surface area contributed by atoms with E-state index in [0.717, 1.165) is 31.5 Å². The predicted molar refractivity (Wildman–Crippen MR) is 77.3 cm³/mol. The van der Waals surface area contributed by atoms with Crippen LogP contribution in [0.4, 0.5) is 0 Å². The second-order valence-electron chi connectivity index (χ2n) is 5.94. The maximum absolute atomic E-state index is 9.82. The molecule has 1 heterocycles. The maximum atomic E-state index is 9.82. The molecule has 19 heavy (non-hydrogen) atoms. The zero-order valence-corrected chi connectivity index (χ0v) is 12.4. The highest BCUT2D eigenvalue weighted by Gasteiger charge is 2.36. The van der Waals surface area contributed by atoms with E-state index in [1.54, 1.807) is 0 Å². The van der Waals surface area contributed by atoms with Gasteiger partial charge in [0.1, 0.15) is 0 Å². The van der Waals surface area contributed by atoms with Gasteiger partial charge < -0.3 is 15.0 Å². The Labute approximate surface area is 116 Å². The van der Waals surface area contributed by atoms with Crippen molar-refractivity contribution in [3.8, 4) is 0 Å². The molecule has 0 amide bonds. The fourth-order valence-electron chi connectivity index (χ4n) is 3.20. The van der Waals surface area contributed by atoms with E-state index in [-0.39, 0.29) is 12.1 Å². The Morgan fingerprint density at radius 2 is 2.32 bits per heavy atom. The molecule has 4 heteroatoms. The number of hydrogen-bond acceptors (Lipinski definition) is 3. The van der Waals surface area contributed by atoms with E-state index in [2.05, 4.69) is 35.6 Å². The van der Waals surface area contributed by atoms with Crippen LogP contribution in [-0.2, 0) is 0 Å². The zero-order chi connectivity index (χ0) is 13.9. The minimum atomic E-state index is -0.0937. The first-order valence-electron chi connectivity index (χ1n) is 7.48. The smallest absolute Gasteiger partial charge is 0.0954 e. The van der Waals surface area contributed by atoms with E-state index in [9.17, 15) is 5.11 Å². The van der Waals surface area contributed by atoms with Crippen LogP contribution in [0.15, 0.2) is 6.33 Å². The van der Waals surface area contributed by atoms with Crippen molar-refractivity contribution in [2.24, 2.45) is 0 Å². The number of aromatic nitrogens is 2. The summed E-state index contributed by atoms with van der Waals surface area (Å²) < 4.78 is 2.30. The molecule has 0 aromatic carbocycles. The van der Waals surface area contributed by atoms with Crippen LogP contribution in [0.3, 0.4) is 0 Å². The summed E-state index contributed by atoms with van der Waals surface area (Å²) in [6.07, 6.45) is 7.50. The fraction of sp³-hybridized carbons (Fsp3) is 0.800. The van der Waals surface area contributed by atoms with Gasteiger partial charge >= 0.3 is 0 Å². The van der Waals surface area contributed by atoms with Crippen LogP contribution >= 0.6 is 0 Å². The Morgan fingerprint density at radius 1 is 1.53 bits per heavy atom. The first-order chi connectivity index (χ1) is 9.12. The van der Waals surface area contributed by atoms with Crippen LogP contribution in [0.1, 0.15) is 56.5 Å². The van der Waals surface area contributed by atoms with Crippen molar-refractivity contribution in [3.05, 3.63) is 17.7 Å². The topological polar surface area (TPSA) is 50.1 Å². The number of nitrogens with one attached hydrogen (secondary N) is 1. The Hall–Kier alpha value is -0.870. The minimum absolute atomic E-state index is 0.0937. The van der Waals surface area contributed by atoms with Crippen molar-refractivity contribution in [1.82, 2.24) is 14.9 Å². The van der Waals surface area contributed by atoms with E-state index < -0.39 is 0 Å². The Bertz CT molecular complexity index is 416. The molecule has 1 aliphatic rings. The van der Waals surface area contributed by atoms with Gasteiger partial charge in [0.15, 0.2) is 0 Å². The van der Waals surface area contributed by atoms with Crippen molar-refractivity contribution in [1.29, 1.82) is 0 Å². The molecule has 0 spiro atoms. The molecule has 1 aromatic heterocycles. The van der Waals surface area contributed by atoms with E-state index in [1.165, 1.54) is 18.5 Å². The third kappa shape index (κ3) is 3.00. The Balaban J connectivity index is 2.13. The number of rotatable bonds is 5. The highest BCUT2D eigenvalue weighted by Crippen LogP contribution is 2.36. The first-order valence-corrected chi connectivity index (χ1v) is 7.48. The molecule has 0 saturated heterocycles. The van der Waals surface area contributed by atoms with Gasteiger partial charge in [0, 0.05) is 17.3 Å². The van der Waals surface area contributed by atoms with Crippen LogP contribution in [0.5, 0.6) is 0 Å². The number of aliphatic hydroxyl groups excluding tert-OH is 1. The van der Waals surface area contributed by atoms with Gasteiger partial charge in [-0.25, -0.2) is 4.98 Å². The lowest BCUT2D eigenvalue weighted by molar-refractivity contribution is 0.0974. The first kappa shape index (κ1) is 14.5. The third-order valence-corrected chi connectivity index (χ3v) is 4.55. The van der Waals surface area contributed by atoms with Gasteiger partial charge in [-0.05, 0) is 52.5 Å². The second-order valence-corrected chi connectivity index (χ2v) is 5.94. The number of aliphatic hydroxyl groups is 1. The summed E-state index contributed by atoms with van der Waals surface area (Å²) in [5, 5.41) is 13.4. The summed E-state index contributed by atoms with van der Waals surface area (Å²) in [6.45, 7) is 7.58. The molecule has 0 aliphatic heterocycles. The standard InChI is InChI=1S/C15H27N3O/c1-4-8-17-15(10-19)7-5-6-14(9-15)18-11-16-12(2)13(18)3/h11,14,17,19H,4-10H2,1-3H3. The molecule has 2 N–H and O–H groups in total. The molecule has 0 bridgehead atoms. The van der Waals surface area contributed by atoms with E-state index in [0.29, 0.717) is 6.04 Å². The average Bonchev–Trinajstić information content (AvgIpc) is 2.77. The monoisotopic (exact) mass is 265 g/mol. The quantitative estimate of drug-likeness (QED) is 0.859. The lowest BCUT2D eigenvalue weighted by atomic mass is 9.79. The number of imidazole rings is 1. The molecule has 2 rings (SSSR count). The molecule has 1 saturated carbocycles. The predicted octanol–water partition coefficient (Wildman–Crippen LogP) is 2.35. The number of aryl methyl sites for hydroxylation is 1. The van der Waals surface area contributed by atoms with Gasteiger partial charge in [-0.1, -0.05) is 6.92 Å². The van der Waals surface area contributed by atoms with Crippen molar-refractivity contribution < 1.29 is 5.11 Å². The maximum Gasteiger partial charge on any atom is 0.0954 e. The highest BCUT2D eigenvalue weighted by atomic mass is 16.3. The average molecular weight is 265 g/mol. The SMILES string of the molecule is CCCNC1(CO)CCCC(n2cnc(C)c2C)C1. The minimum Gasteiger partial charge on any atom is -0.394 e. The van der Waals surface area contributed by atoms with E-state index in [4.69, 9.17) is 0 Å². The van der Waals surface area contributed by atoms with Crippen LogP contribution < -0.4 is 5.32 Å². The summed E-state index contributed by atoms with van der Waals surface area (Å²) in [7, 11) is 0. The highest BCUT2D eigenvalue weighted by molar-refractivity contribution is 5.11. The summed E-state index contributed by atoms with van der Waals surface area (Å²) in [4.78, 5) is 4.41. The normalized spacial score (nSPS) is 27.7. The summed E-state index contributed by atoms with van der Waals surface area (Å²) >= 11 is 0. The van der Waals surface area contributed by atoms with E-state index in [1.807, 2.05) is 6.33 Å². The molecule has 1 aliphatic carbocycles. The van der Waals surface area contributed by atoms with Gasteiger partial charge in [-0.2, -0.15) is 0 Å². The molecule has 1 fully saturated rings. The zero-order valence-electron chi connectivity index (χ0n) is 12.4. The molecule has 1 aromatic rings. The van der Waals surface area contributed by atoms with Gasteiger partial charge in [-0.3, -0.25) is 0 Å². The van der Waals surface area contributed by atoms with Crippen molar-refractivity contribution in [3.63, 3.8) is 0 Å². The van der Waals surface area contributed by atoms with Crippen LogP contribution in [0.25, 0.3) is 0 Å². The third-order valence-electron chi connectivity index (χ3n) is 4.55. The number of hydrogen-bond donors (Lipinski definition) is 2. The molecule has 4 nitrogen and oxygen atoms in total. The Morgan fingerprint density at radius 3 is 2.89 bits per heavy atom. The summed E-state index contributed by atoms with van der Waals surface area (Å²) in [5.41, 5.74) is 2.28. The fourth-order valence-corrected chi connectivity index (χ4v) is 3.20. The van der Waals surface area contributed by atoms with Gasteiger partial charge in [0.25, 0.3) is 0 Å². The van der Waals surface area contributed by atoms with Crippen molar-refractivity contribution >= 4 is 0 Å².